The van der Waals surface area contributed by atoms with Gasteiger partial charge in [0.1, 0.15) is 0 Å². The highest BCUT2D eigenvalue weighted by Crippen LogP contribution is 2.26. The van der Waals surface area contributed by atoms with Gasteiger partial charge in [-0.15, -0.1) is 0 Å². The third-order valence-electron chi connectivity index (χ3n) is 4.21. The van der Waals surface area contributed by atoms with Crippen LogP contribution in [0.2, 0.25) is 0 Å². The Balaban J connectivity index is 1.96. The van der Waals surface area contributed by atoms with Gasteiger partial charge >= 0.3 is 0 Å². The van der Waals surface area contributed by atoms with Gasteiger partial charge in [-0.25, -0.2) is 0 Å². The molecular formula is C20H26N2O. The summed E-state index contributed by atoms with van der Waals surface area (Å²) in [5.41, 5.74) is 3.28. The quantitative estimate of drug-likeness (QED) is 0.800. The molecule has 1 amide bonds. The van der Waals surface area contributed by atoms with Gasteiger partial charge in [0.25, 0.3) is 0 Å². The van der Waals surface area contributed by atoms with Crippen LogP contribution in [0.25, 0.3) is 0 Å². The van der Waals surface area contributed by atoms with Crippen molar-refractivity contribution < 1.29 is 4.79 Å². The van der Waals surface area contributed by atoms with E-state index in [4.69, 9.17) is 0 Å². The van der Waals surface area contributed by atoms with E-state index in [9.17, 15) is 4.79 Å². The van der Waals surface area contributed by atoms with Crippen molar-refractivity contribution in [1.82, 2.24) is 5.32 Å². The molecule has 2 N–H and O–H groups in total. The van der Waals surface area contributed by atoms with Gasteiger partial charge in [-0.05, 0) is 36.5 Å². The molecule has 0 aliphatic carbocycles. The molecule has 0 fully saturated rings. The summed E-state index contributed by atoms with van der Waals surface area (Å²) >= 11 is 0. The molecule has 122 valence electrons. The molecule has 0 spiro atoms. The number of carbonyl (C=O) groups excluding carboxylic acids is 1. The Labute approximate surface area is 139 Å². The Morgan fingerprint density at radius 1 is 1.00 bits per heavy atom. The van der Waals surface area contributed by atoms with Crippen molar-refractivity contribution in [2.24, 2.45) is 0 Å². The van der Waals surface area contributed by atoms with Gasteiger partial charge < -0.3 is 10.6 Å². The van der Waals surface area contributed by atoms with Crippen LogP contribution in [0.1, 0.15) is 44.2 Å². The standard InChI is InChI=1S/C20H26N2O/c1-4-15(2)18-12-8-9-13-19(18)22-20(23)16(3)21-14-17-10-6-5-7-11-17/h5-13,15-16,21H,4,14H2,1-3H3,(H,22,23)/t15-,16+/m1/s1. The fourth-order valence-electron chi connectivity index (χ4n) is 2.46. The molecule has 0 bridgehead atoms. The minimum atomic E-state index is -0.250. The zero-order valence-electron chi connectivity index (χ0n) is 14.2. The maximum absolute atomic E-state index is 12.4. The van der Waals surface area contributed by atoms with E-state index in [0.29, 0.717) is 12.5 Å². The van der Waals surface area contributed by atoms with Crippen molar-refractivity contribution in [2.75, 3.05) is 5.32 Å². The first-order valence-corrected chi connectivity index (χ1v) is 8.29. The third kappa shape index (κ3) is 4.93. The van der Waals surface area contributed by atoms with Crippen LogP contribution in [0.5, 0.6) is 0 Å². The van der Waals surface area contributed by atoms with E-state index in [1.54, 1.807) is 0 Å². The number of hydrogen-bond donors (Lipinski definition) is 2. The van der Waals surface area contributed by atoms with Crippen molar-refractivity contribution in [2.45, 2.75) is 45.7 Å². The molecule has 2 atom stereocenters. The molecule has 23 heavy (non-hydrogen) atoms. The zero-order chi connectivity index (χ0) is 16.7. The van der Waals surface area contributed by atoms with Crippen LogP contribution >= 0.6 is 0 Å². The normalized spacial score (nSPS) is 13.3. The summed E-state index contributed by atoms with van der Waals surface area (Å²) in [6, 6.07) is 17.9. The van der Waals surface area contributed by atoms with Gasteiger partial charge in [0.15, 0.2) is 0 Å². The second-order valence-electron chi connectivity index (χ2n) is 5.97. The van der Waals surface area contributed by atoms with Gasteiger partial charge in [-0.3, -0.25) is 4.79 Å². The number of rotatable bonds is 7. The van der Waals surface area contributed by atoms with Crippen molar-refractivity contribution in [3.63, 3.8) is 0 Å². The second-order valence-corrected chi connectivity index (χ2v) is 5.97. The first kappa shape index (κ1) is 17.2. The molecule has 3 nitrogen and oxygen atoms in total. The van der Waals surface area contributed by atoms with E-state index in [-0.39, 0.29) is 11.9 Å². The van der Waals surface area contributed by atoms with Gasteiger partial charge in [-0.1, -0.05) is 62.4 Å². The highest BCUT2D eigenvalue weighted by Gasteiger charge is 2.15. The lowest BCUT2D eigenvalue weighted by Gasteiger charge is -2.18. The van der Waals surface area contributed by atoms with Crippen LogP contribution in [0.15, 0.2) is 54.6 Å². The summed E-state index contributed by atoms with van der Waals surface area (Å²) in [4.78, 5) is 12.4. The molecular weight excluding hydrogens is 284 g/mol. The molecule has 0 saturated carbocycles. The van der Waals surface area contributed by atoms with Crippen molar-refractivity contribution in [3.8, 4) is 0 Å². The molecule has 2 rings (SSSR count). The van der Waals surface area contributed by atoms with Crippen molar-refractivity contribution in [1.29, 1.82) is 0 Å². The predicted molar refractivity (Wildman–Crippen MR) is 96.5 cm³/mol. The summed E-state index contributed by atoms with van der Waals surface area (Å²) < 4.78 is 0. The highest BCUT2D eigenvalue weighted by atomic mass is 16.2. The Kier molecular flexibility index (Phi) is 6.36. The van der Waals surface area contributed by atoms with Crippen LogP contribution < -0.4 is 10.6 Å². The third-order valence-corrected chi connectivity index (χ3v) is 4.21. The van der Waals surface area contributed by atoms with Crippen LogP contribution in [0.3, 0.4) is 0 Å². The molecule has 0 radical (unpaired) electrons. The number of benzene rings is 2. The van der Waals surface area contributed by atoms with Crippen molar-refractivity contribution >= 4 is 11.6 Å². The molecule has 0 aliphatic rings. The lowest BCUT2D eigenvalue weighted by Crippen LogP contribution is -2.37. The van der Waals surface area contributed by atoms with E-state index >= 15 is 0 Å². The Hall–Kier alpha value is -2.13. The average molecular weight is 310 g/mol. The predicted octanol–water partition coefficient (Wildman–Crippen LogP) is 4.32. The van der Waals surface area contributed by atoms with Crippen LogP contribution in [0, 0.1) is 0 Å². The molecule has 3 heteroatoms. The maximum atomic E-state index is 12.4. The van der Waals surface area contributed by atoms with Gasteiger partial charge in [0.05, 0.1) is 6.04 Å². The fourth-order valence-corrected chi connectivity index (χ4v) is 2.46. The highest BCUT2D eigenvalue weighted by molar-refractivity contribution is 5.95. The number of amides is 1. The largest absolute Gasteiger partial charge is 0.324 e. The monoisotopic (exact) mass is 310 g/mol. The van der Waals surface area contributed by atoms with E-state index in [1.807, 2.05) is 43.3 Å². The van der Waals surface area contributed by atoms with Gasteiger partial charge in [-0.2, -0.15) is 0 Å². The summed E-state index contributed by atoms with van der Waals surface area (Å²) in [5, 5.41) is 6.33. The lowest BCUT2D eigenvalue weighted by molar-refractivity contribution is -0.117. The summed E-state index contributed by atoms with van der Waals surface area (Å²) in [6.07, 6.45) is 1.05. The molecule has 2 aromatic rings. The number of nitrogens with one attached hydrogen (secondary N) is 2. The van der Waals surface area contributed by atoms with Crippen molar-refractivity contribution in [3.05, 3.63) is 65.7 Å². The van der Waals surface area contributed by atoms with E-state index in [0.717, 1.165) is 12.1 Å². The topological polar surface area (TPSA) is 41.1 Å². The van der Waals surface area contributed by atoms with Crippen LogP contribution in [-0.2, 0) is 11.3 Å². The number of para-hydroxylation sites is 1. The molecule has 0 aromatic heterocycles. The minimum absolute atomic E-state index is 0.00307. The molecule has 0 aliphatic heterocycles. The van der Waals surface area contributed by atoms with Crippen LogP contribution in [-0.4, -0.2) is 11.9 Å². The molecule has 0 saturated heterocycles. The number of carbonyl (C=O) groups is 1. The van der Waals surface area contributed by atoms with E-state index < -0.39 is 0 Å². The van der Waals surface area contributed by atoms with E-state index in [1.165, 1.54) is 11.1 Å². The first-order chi connectivity index (χ1) is 11.1. The van der Waals surface area contributed by atoms with Crippen LogP contribution in [0.4, 0.5) is 5.69 Å². The SMILES string of the molecule is CC[C@@H](C)c1ccccc1NC(=O)[C@H](C)NCc1ccccc1. The Morgan fingerprint density at radius 3 is 2.35 bits per heavy atom. The Bertz CT molecular complexity index is 625. The number of anilines is 1. The van der Waals surface area contributed by atoms with E-state index in [2.05, 4.69) is 42.7 Å². The molecule has 2 aromatic carbocycles. The smallest absolute Gasteiger partial charge is 0.241 e. The number of hydrogen-bond acceptors (Lipinski definition) is 2. The molecule has 0 unspecified atom stereocenters. The van der Waals surface area contributed by atoms with Gasteiger partial charge in [0.2, 0.25) is 5.91 Å². The Morgan fingerprint density at radius 2 is 1.65 bits per heavy atom. The molecule has 0 heterocycles. The zero-order valence-corrected chi connectivity index (χ0v) is 14.2. The average Bonchev–Trinajstić information content (AvgIpc) is 2.60. The summed E-state index contributed by atoms with van der Waals surface area (Å²) in [5.74, 6) is 0.427. The summed E-state index contributed by atoms with van der Waals surface area (Å²) in [6.45, 7) is 6.92. The summed E-state index contributed by atoms with van der Waals surface area (Å²) in [7, 11) is 0. The second kappa shape index (κ2) is 8.49. The first-order valence-electron chi connectivity index (χ1n) is 8.29. The minimum Gasteiger partial charge on any atom is -0.324 e. The fraction of sp³-hybridized carbons (Fsp3) is 0.350. The lowest BCUT2D eigenvalue weighted by atomic mass is 9.97. The van der Waals surface area contributed by atoms with Gasteiger partial charge in [0, 0.05) is 12.2 Å². The maximum Gasteiger partial charge on any atom is 0.241 e.